The maximum atomic E-state index is 11.6. The molecule has 80 valence electrons. The number of carbonyl (C=O) groups excluding carboxylic acids is 1. The summed E-state index contributed by atoms with van der Waals surface area (Å²) in [6.07, 6.45) is 3.89. The van der Waals surface area contributed by atoms with Crippen molar-refractivity contribution in [2.45, 2.75) is 19.3 Å². The Bertz CT molecular complexity index is 198. The Morgan fingerprint density at radius 1 is 1.36 bits per heavy atom. The first-order valence-corrected chi connectivity index (χ1v) is 5.47. The van der Waals surface area contributed by atoms with Crippen molar-refractivity contribution < 1.29 is 9.53 Å². The van der Waals surface area contributed by atoms with E-state index in [0.717, 1.165) is 25.6 Å². The highest BCUT2D eigenvalue weighted by atomic mass is 16.5. The summed E-state index contributed by atoms with van der Waals surface area (Å²) in [5.74, 6) is 0.736. The van der Waals surface area contributed by atoms with Gasteiger partial charge < -0.3 is 15.0 Å². The molecule has 0 unspecified atom stereocenters. The molecule has 1 saturated heterocycles. The van der Waals surface area contributed by atoms with Crippen LogP contribution in [0.3, 0.4) is 0 Å². The van der Waals surface area contributed by atoms with Crippen molar-refractivity contribution in [2.75, 3.05) is 32.8 Å². The molecule has 1 aliphatic heterocycles. The van der Waals surface area contributed by atoms with Gasteiger partial charge in [-0.3, -0.25) is 0 Å². The molecule has 1 heterocycles. The number of urea groups is 1. The zero-order chi connectivity index (χ0) is 9.80. The molecule has 0 atom stereocenters. The van der Waals surface area contributed by atoms with Gasteiger partial charge in [0.1, 0.15) is 0 Å². The number of nitrogens with one attached hydrogen (secondary N) is 1. The lowest BCUT2D eigenvalue weighted by molar-refractivity contribution is 0.0527. The predicted molar refractivity (Wildman–Crippen MR) is 53.1 cm³/mol. The van der Waals surface area contributed by atoms with E-state index in [2.05, 4.69) is 5.32 Å². The molecule has 0 aromatic rings. The van der Waals surface area contributed by atoms with Gasteiger partial charge in [0.2, 0.25) is 0 Å². The average Bonchev–Trinajstić information content (AvgIpc) is 2.16. The van der Waals surface area contributed by atoms with Crippen LogP contribution < -0.4 is 5.32 Å². The van der Waals surface area contributed by atoms with Crippen molar-refractivity contribution in [1.29, 1.82) is 0 Å². The Balaban J connectivity index is 1.65. The van der Waals surface area contributed by atoms with Crippen molar-refractivity contribution >= 4 is 6.03 Å². The van der Waals surface area contributed by atoms with E-state index in [4.69, 9.17) is 4.74 Å². The van der Waals surface area contributed by atoms with E-state index < -0.39 is 0 Å². The number of hydrogen-bond acceptors (Lipinski definition) is 2. The molecule has 1 aliphatic carbocycles. The normalized spacial score (nSPS) is 23.0. The number of morpholine rings is 1. The highest BCUT2D eigenvalue weighted by Gasteiger charge is 2.20. The van der Waals surface area contributed by atoms with Crippen LogP contribution in [-0.4, -0.2) is 43.8 Å². The smallest absolute Gasteiger partial charge is 0.317 e. The fourth-order valence-corrected chi connectivity index (χ4v) is 1.81. The molecular weight excluding hydrogens is 180 g/mol. The molecule has 0 aromatic heterocycles. The van der Waals surface area contributed by atoms with Gasteiger partial charge in [0.05, 0.1) is 13.2 Å². The summed E-state index contributed by atoms with van der Waals surface area (Å²) < 4.78 is 5.19. The third-order valence-electron chi connectivity index (χ3n) is 3.07. The van der Waals surface area contributed by atoms with Crippen molar-refractivity contribution in [1.82, 2.24) is 10.2 Å². The van der Waals surface area contributed by atoms with Crippen molar-refractivity contribution in [2.24, 2.45) is 5.92 Å². The first-order valence-electron chi connectivity index (χ1n) is 5.47. The fourth-order valence-electron chi connectivity index (χ4n) is 1.81. The summed E-state index contributed by atoms with van der Waals surface area (Å²) in [4.78, 5) is 13.4. The topological polar surface area (TPSA) is 41.6 Å². The van der Waals surface area contributed by atoms with Gasteiger partial charge in [-0.05, 0) is 18.8 Å². The van der Waals surface area contributed by atoms with Crippen LogP contribution in [0.2, 0.25) is 0 Å². The predicted octanol–water partition coefficient (Wildman–Crippen LogP) is 0.828. The number of rotatable bonds is 2. The highest BCUT2D eigenvalue weighted by molar-refractivity contribution is 5.74. The number of amides is 2. The number of carbonyl (C=O) groups is 1. The van der Waals surface area contributed by atoms with Gasteiger partial charge in [0.15, 0.2) is 0 Å². The Morgan fingerprint density at radius 2 is 2.07 bits per heavy atom. The number of nitrogens with zero attached hydrogens (tertiary/aromatic N) is 1. The van der Waals surface area contributed by atoms with Gasteiger partial charge in [0, 0.05) is 19.6 Å². The molecule has 2 rings (SSSR count). The third-order valence-corrected chi connectivity index (χ3v) is 3.07. The van der Waals surface area contributed by atoms with Gasteiger partial charge in [0.25, 0.3) is 0 Å². The van der Waals surface area contributed by atoms with Crippen LogP contribution in [0.15, 0.2) is 0 Å². The lowest BCUT2D eigenvalue weighted by atomic mass is 9.85. The zero-order valence-electron chi connectivity index (χ0n) is 8.50. The minimum atomic E-state index is 0.0835. The Kier molecular flexibility index (Phi) is 3.24. The second-order valence-electron chi connectivity index (χ2n) is 4.08. The monoisotopic (exact) mass is 198 g/mol. The summed E-state index contributed by atoms with van der Waals surface area (Å²) in [5, 5.41) is 2.99. The molecule has 2 fully saturated rings. The summed E-state index contributed by atoms with van der Waals surface area (Å²) in [6.45, 7) is 3.68. The van der Waals surface area contributed by atoms with E-state index >= 15 is 0 Å². The SMILES string of the molecule is O=C(NCC1CCC1)N1CCOCC1. The lowest BCUT2D eigenvalue weighted by Crippen LogP contribution is -2.47. The minimum absolute atomic E-state index is 0.0835. The minimum Gasteiger partial charge on any atom is -0.378 e. The molecule has 14 heavy (non-hydrogen) atoms. The maximum absolute atomic E-state index is 11.6. The quantitative estimate of drug-likeness (QED) is 0.714. The first kappa shape index (κ1) is 9.77. The van der Waals surface area contributed by atoms with Crippen LogP contribution >= 0.6 is 0 Å². The molecule has 1 N–H and O–H groups in total. The van der Waals surface area contributed by atoms with Crippen LogP contribution in [0, 0.1) is 5.92 Å². The van der Waals surface area contributed by atoms with E-state index in [1.54, 1.807) is 0 Å². The largest absolute Gasteiger partial charge is 0.378 e. The Hall–Kier alpha value is -0.770. The van der Waals surface area contributed by atoms with E-state index in [-0.39, 0.29) is 6.03 Å². The van der Waals surface area contributed by atoms with Crippen LogP contribution in [0.5, 0.6) is 0 Å². The van der Waals surface area contributed by atoms with Gasteiger partial charge in [-0.15, -0.1) is 0 Å². The molecule has 0 bridgehead atoms. The van der Waals surface area contributed by atoms with Crippen LogP contribution in [-0.2, 0) is 4.74 Å². The summed E-state index contributed by atoms with van der Waals surface area (Å²) >= 11 is 0. The van der Waals surface area contributed by atoms with E-state index in [0.29, 0.717) is 13.2 Å². The lowest BCUT2D eigenvalue weighted by Gasteiger charge is -2.30. The summed E-state index contributed by atoms with van der Waals surface area (Å²) in [5.41, 5.74) is 0. The van der Waals surface area contributed by atoms with Crippen molar-refractivity contribution in [3.63, 3.8) is 0 Å². The summed E-state index contributed by atoms with van der Waals surface area (Å²) in [6, 6.07) is 0.0835. The van der Waals surface area contributed by atoms with Gasteiger partial charge >= 0.3 is 6.03 Å². The van der Waals surface area contributed by atoms with E-state index in [1.165, 1.54) is 19.3 Å². The van der Waals surface area contributed by atoms with Crippen LogP contribution in [0.1, 0.15) is 19.3 Å². The molecule has 4 nitrogen and oxygen atoms in total. The molecular formula is C10H18N2O2. The Morgan fingerprint density at radius 3 is 2.64 bits per heavy atom. The molecule has 1 saturated carbocycles. The molecule has 0 radical (unpaired) electrons. The maximum Gasteiger partial charge on any atom is 0.317 e. The summed E-state index contributed by atoms with van der Waals surface area (Å²) in [7, 11) is 0. The third kappa shape index (κ3) is 2.38. The number of hydrogen-bond donors (Lipinski definition) is 1. The highest BCUT2D eigenvalue weighted by Crippen LogP contribution is 2.25. The second kappa shape index (κ2) is 4.64. The van der Waals surface area contributed by atoms with Crippen LogP contribution in [0.25, 0.3) is 0 Å². The second-order valence-corrected chi connectivity index (χ2v) is 4.08. The Labute approximate surface area is 84.6 Å². The zero-order valence-corrected chi connectivity index (χ0v) is 8.50. The molecule has 0 aromatic carbocycles. The van der Waals surface area contributed by atoms with Crippen molar-refractivity contribution in [3.8, 4) is 0 Å². The molecule has 2 amide bonds. The molecule has 0 spiro atoms. The van der Waals surface area contributed by atoms with Gasteiger partial charge in [-0.1, -0.05) is 6.42 Å². The standard InChI is InChI=1S/C10H18N2O2/c13-10(11-8-9-2-1-3-9)12-4-6-14-7-5-12/h9H,1-8H2,(H,11,13). The molecule has 4 heteroatoms. The fraction of sp³-hybridized carbons (Fsp3) is 0.900. The first-order chi connectivity index (χ1) is 6.86. The average molecular weight is 198 g/mol. The van der Waals surface area contributed by atoms with Crippen LogP contribution in [0.4, 0.5) is 4.79 Å². The van der Waals surface area contributed by atoms with Crippen molar-refractivity contribution in [3.05, 3.63) is 0 Å². The molecule has 2 aliphatic rings. The van der Waals surface area contributed by atoms with Gasteiger partial charge in [-0.25, -0.2) is 4.79 Å². The van der Waals surface area contributed by atoms with E-state index in [1.807, 2.05) is 4.90 Å². The van der Waals surface area contributed by atoms with E-state index in [9.17, 15) is 4.79 Å². The number of ether oxygens (including phenoxy) is 1. The van der Waals surface area contributed by atoms with Gasteiger partial charge in [-0.2, -0.15) is 0 Å².